The van der Waals surface area contributed by atoms with Crippen molar-refractivity contribution in [1.82, 2.24) is 0 Å². The lowest BCUT2D eigenvalue weighted by Crippen LogP contribution is -2.30. The Labute approximate surface area is 374 Å². The van der Waals surface area contributed by atoms with Crippen molar-refractivity contribution in [3.8, 4) is 0 Å². The predicted octanol–water partition coefficient (Wildman–Crippen LogP) is 17.3. The van der Waals surface area contributed by atoms with E-state index >= 15 is 0 Å². The summed E-state index contributed by atoms with van der Waals surface area (Å²) in [6.45, 7) is 11.4. The molecule has 0 N–H and O–H groups in total. The SMILES string of the molecule is CCCCCCCCCCCCCCCCC(=O)OC[C@@H](COC(=O)CCCCCCCCCCCCCCCCCC(C)C)OC(=O)CCCCCCCCC(C)CC. The first-order chi connectivity index (χ1) is 29.3. The van der Waals surface area contributed by atoms with Crippen molar-refractivity contribution in [2.75, 3.05) is 13.2 Å². The number of rotatable bonds is 48. The Morgan fingerprint density at radius 3 is 0.950 bits per heavy atom. The molecule has 0 saturated heterocycles. The standard InChI is InChI=1S/C54H104O6/c1-6-8-9-10-11-12-13-14-19-22-25-28-34-39-44-52(55)58-47-51(60-54(57)46-41-36-31-30-33-38-43-50(5)7-2)48-59-53(56)45-40-35-29-26-23-20-17-15-16-18-21-24-27-32-37-42-49(3)4/h49-51H,6-48H2,1-5H3/t50?,51-/m0/s1. The number of esters is 3. The molecular weight excluding hydrogens is 745 g/mol. The Hall–Kier alpha value is -1.59. The van der Waals surface area contributed by atoms with Gasteiger partial charge < -0.3 is 14.2 Å². The van der Waals surface area contributed by atoms with Crippen LogP contribution in [0, 0.1) is 11.8 Å². The fourth-order valence-electron chi connectivity index (χ4n) is 8.13. The van der Waals surface area contributed by atoms with Crippen LogP contribution in [0.25, 0.3) is 0 Å². The number of hydrogen-bond acceptors (Lipinski definition) is 6. The van der Waals surface area contributed by atoms with Gasteiger partial charge in [-0.15, -0.1) is 0 Å². The molecule has 0 aromatic rings. The third-order valence-corrected chi connectivity index (χ3v) is 12.6. The van der Waals surface area contributed by atoms with E-state index in [1.807, 2.05) is 0 Å². The van der Waals surface area contributed by atoms with Crippen LogP contribution in [0.15, 0.2) is 0 Å². The van der Waals surface area contributed by atoms with Crippen LogP contribution in [0.2, 0.25) is 0 Å². The van der Waals surface area contributed by atoms with E-state index in [1.165, 1.54) is 186 Å². The van der Waals surface area contributed by atoms with Crippen LogP contribution in [0.3, 0.4) is 0 Å². The van der Waals surface area contributed by atoms with Gasteiger partial charge in [-0.2, -0.15) is 0 Å². The van der Waals surface area contributed by atoms with Gasteiger partial charge in [-0.1, -0.05) is 259 Å². The molecule has 1 unspecified atom stereocenters. The highest BCUT2D eigenvalue weighted by Crippen LogP contribution is 2.18. The number of carbonyl (C=O) groups is 3. The zero-order chi connectivity index (χ0) is 44.0. The normalized spacial score (nSPS) is 12.5. The van der Waals surface area contributed by atoms with E-state index < -0.39 is 6.10 Å². The van der Waals surface area contributed by atoms with Gasteiger partial charge >= 0.3 is 17.9 Å². The maximum atomic E-state index is 12.8. The average Bonchev–Trinajstić information content (AvgIpc) is 3.23. The first kappa shape index (κ1) is 58.4. The summed E-state index contributed by atoms with van der Waals surface area (Å²) in [5.74, 6) is 0.810. The minimum atomic E-state index is -0.762. The van der Waals surface area contributed by atoms with E-state index in [-0.39, 0.29) is 31.1 Å². The third-order valence-electron chi connectivity index (χ3n) is 12.6. The average molecular weight is 849 g/mol. The summed E-state index contributed by atoms with van der Waals surface area (Å²) in [4.78, 5) is 37.9. The minimum absolute atomic E-state index is 0.0643. The third kappa shape index (κ3) is 45.9. The van der Waals surface area contributed by atoms with E-state index in [4.69, 9.17) is 14.2 Å². The number of unbranched alkanes of at least 4 members (excludes halogenated alkanes) is 32. The van der Waals surface area contributed by atoms with Crippen LogP contribution in [0.1, 0.15) is 298 Å². The van der Waals surface area contributed by atoms with Crippen LogP contribution < -0.4 is 0 Å². The van der Waals surface area contributed by atoms with Crippen molar-refractivity contribution in [2.45, 2.75) is 304 Å². The summed E-state index contributed by atoms with van der Waals surface area (Å²) in [7, 11) is 0. The number of hydrogen-bond donors (Lipinski definition) is 0. The van der Waals surface area contributed by atoms with E-state index in [1.54, 1.807) is 0 Å². The fourth-order valence-corrected chi connectivity index (χ4v) is 8.13. The maximum absolute atomic E-state index is 12.8. The van der Waals surface area contributed by atoms with E-state index in [9.17, 15) is 14.4 Å². The first-order valence-corrected chi connectivity index (χ1v) is 26.8. The molecule has 0 saturated carbocycles. The smallest absolute Gasteiger partial charge is 0.306 e. The monoisotopic (exact) mass is 849 g/mol. The molecule has 0 aliphatic carbocycles. The van der Waals surface area contributed by atoms with Crippen molar-refractivity contribution in [1.29, 1.82) is 0 Å². The van der Waals surface area contributed by atoms with E-state index in [2.05, 4.69) is 34.6 Å². The van der Waals surface area contributed by atoms with Crippen molar-refractivity contribution in [3.63, 3.8) is 0 Å². The topological polar surface area (TPSA) is 78.9 Å². The second kappa shape index (κ2) is 46.9. The molecule has 0 aliphatic rings. The zero-order valence-electron chi connectivity index (χ0n) is 41.1. The molecule has 0 bridgehead atoms. The van der Waals surface area contributed by atoms with Crippen LogP contribution in [0.5, 0.6) is 0 Å². The Kier molecular flexibility index (Phi) is 45.7. The molecule has 0 aromatic heterocycles. The maximum Gasteiger partial charge on any atom is 0.306 e. The Morgan fingerprint density at radius 1 is 0.350 bits per heavy atom. The first-order valence-electron chi connectivity index (χ1n) is 26.8. The van der Waals surface area contributed by atoms with Crippen LogP contribution in [0.4, 0.5) is 0 Å². The quantitative estimate of drug-likeness (QED) is 0.0345. The van der Waals surface area contributed by atoms with Gasteiger partial charge in [0.2, 0.25) is 0 Å². The van der Waals surface area contributed by atoms with Gasteiger partial charge in [0, 0.05) is 19.3 Å². The summed E-state index contributed by atoms with van der Waals surface area (Å²) >= 11 is 0. The molecule has 0 amide bonds. The largest absolute Gasteiger partial charge is 0.462 e. The fraction of sp³-hybridized carbons (Fsp3) is 0.944. The van der Waals surface area contributed by atoms with Gasteiger partial charge in [0.1, 0.15) is 13.2 Å². The lowest BCUT2D eigenvalue weighted by atomic mass is 10.00. The van der Waals surface area contributed by atoms with Gasteiger partial charge in [-0.25, -0.2) is 0 Å². The predicted molar refractivity (Wildman–Crippen MR) is 256 cm³/mol. The number of ether oxygens (including phenoxy) is 3. The summed E-state index contributed by atoms with van der Waals surface area (Å²) in [6, 6.07) is 0. The highest BCUT2D eigenvalue weighted by Gasteiger charge is 2.19. The number of carbonyl (C=O) groups excluding carboxylic acids is 3. The highest BCUT2D eigenvalue weighted by molar-refractivity contribution is 5.71. The van der Waals surface area contributed by atoms with Crippen molar-refractivity contribution >= 4 is 17.9 Å². The molecule has 0 fully saturated rings. The molecule has 60 heavy (non-hydrogen) atoms. The van der Waals surface area contributed by atoms with Gasteiger partial charge in [0.05, 0.1) is 0 Å². The minimum Gasteiger partial charge on any atom is -0.462 e. The molecular formula is C54H104O6. The molecule has 0 aromatic carbocycles. The Balaban J connectivity index is 4.25. The second-order valence-electron chi connectivity index (χ2n) is 19.2. The molecule has 0 rings (SSSR count). The molecule has 0 aliphatic heterocycles. The van der Waals surface area contributed by atoms with Crippen molar-refractivity contribution in [3.05, 3.63) is 0 Å². The van der Waals surface area contributed by atoms with Crippen molar-refractivity contribution in [2.24, 2.45) is 11.8 Å². The van der Waals surface area contributed by atoms with Crippen LogP contribution >= 0.6 is 0 Å². The van der Waals surface area contributed by atoms with Gasteiger partial charge in [0.15, 0.2) is 6.10 Å². The molecule has 0 spiro atoms. The molecule has 6 heteroatoms. The van der Waals surface area contributed by atoms with Gasteiger partial charge in [-0.3, -0.25) is 14.4 Å². The summed E-state index contributed by atoms with van der Waals surface area (Å²) in [5, 5.41) is 0. The molecule has 356 valence electrons. The summed E-state index contributed by atoms with van der Waals surface area (Å²) in [6.07, 6.45) is 48.1. The van der Waals surface area contributed by atoms with E-state index in [0.29, 0.717) is 19.3 Å². The van der Waals surface area contributed by atoms with Crippen LogP contribution in [-0.2, 0) is 28.6 Å². The molecule has 0 radical (unpaired) electrons. The summed E-state index contributed by atoms with van der Waals surface area (Å²) < 4.78 is 16.8. The summed E-state index contributed by atoms with van der Waals surface area (Å²) in [5.41, 5.74) is 0. The van der Waals surface area contributed by atoms with Crippen LogP contribution in [-0.4, -0.2) is 37.2 Å². The lowest BCUT2D eigenvalue weighted by Gasteiger charge is -2.18. The van der Waals surface area contributed by atoms with Crippen molar-refractivity contribution < 1.29 is 28.6 Å². The van der Waals surface area contributed by atoms with Gasteiger partial charge in [-0.05, 0) is 31.1 Å². The molecule has 6 nitrogen and oxygen atoms in total. The van der Waals surface area contributed by atoms with E-state index in [0.717, 1.165) is 69.6 Å². The molecule has 2 atom stereocenters. The highest BCUT2D eigenvalue weighted by atomic mass is 16.6. The Morgan fingerprint density at radius 2 is 0.633 bits per heavy atom. The molecule has 0 heterocycles. The lowest BCUT2D eigenvalue weighted by molar-refractivity contribution is -0.167. The van der Waals surface area contributed by atoms with Gasteiger partial charge in [0.25, 0.3) is 0 Å². The Bertz CT molecular complexity index is 918. The second-order valence-corrected chi connectivity index (χ2v) is 19.2. The zero-order valence-corrected chi connectivity index (χ0v) is 41.1.